The summed E-state index contributed by atoms with van der Waals surface area (Å²) in [4.78, 5) is 24.6. The fourth-order valence-corrected chi connectivity index (χ4v) is 5.22. The molecule has 0 spiro atoms. The number of carbonyl (C=O) groups is 1. The number of fused-ring (bicyclic) bond motifs is 3. The Morgan fingerprint density at radius 1 is 1.26 bits per heavy atom. The maximum absolute atomic E-state index is 13.8. The van der Waals surface area contributed by atoms with Crippen molar-refractivity contribution >= 4 is 22.6 Å². The first-order valence-corrected chi connectivity index (χ1v) is 12.1. The summed E-state index contributed by atoms with van der Waals surface area (Å²) in [6.07, 6.45) is 4.45. The third kappa shape index (κ3) is 4.70. The van der Waals surface area contributed by atoms with Gasteiger partial charge in [-0.25, -0.2) is 4.98 Å². The summed E-state index contributed by atoms with van der Waals surface area (Å²) >= 11 is 0. The van der Waals surface area contributed by atoms with Gasteiger partial charge in [-0.05, 0) is 74.4 Å². The molecule has 35 heavy (non-hydrogen) atoms. The number of amides is 1. The molecule has 8 nitrogen and oxygen atoms in total. The number of anilines is 1. The predicted octanol–water partition coefficient (Wildman–Crippen LogP) is 3.87. The van der Waals surface area contributed by atoms with Crippen LogP contribution in [-0.4, -0.2) is 38.5 Å². The molecule has 3 aromatic rings. The van der Waals surface area contributed by atoms with Crippen LogP contribution in [-0.2, 0) is 17.9 Å². The second kappa shape index (κ2) is 9.61. The van der Waals surface area contributed by atoms with Gasteiger partial charge in [-0.2, -0.15) is 5.26 Å². The number of ether oxygens (including phenoxy) is 1. The Hall–Kier alpha value is -3.54. The molecule has 1 aliphatic heterocycles. The fourth-order valence-electron chi connectivity index (χ4n) is 5.22. The summed E-state index contributed by atoms with van der Waals surface area (Å²) < 4.78 is 5.80. The summed E-state index contributed by atoms with van der Waals surface area (Å²) in [7, 11) is 0. The minimum absolute atomic E-state index is 0.0817. The van der Waals surface area contributed by atoms with Crippen molar-refractivity contribution in [1.29, 1.82) is 5.26 Å². The van der Waals surface area contributed by atoms with E-state index in [1.54, 1.807) is 18.2 Å². The van der Waals surface area contributed by atoms with Crippen molar-refractivity contribution in [1.82, 2.24) is 14.9 Å². The fraction of sp³-hybridized carbons (Fsp3) is 0.407. The molecular weight excluding hydrogens is 442 g/mol. The molecule has 1 amide bonds. The van der Waals surface area contributed by atoms with Crippen LogP contribution in [0, 0.1) is 17.2 Å². The van der Waals surface area contributed by atoms with Gasteiger partial charge in [0, 0.05) is 29.3 Å². The number of aliphatic hydroxyl groups excluding tert-OH is 1. The Labute approximate surface area is 204 Å². The molecule has 0 unspecified atom stereocenters. The summed E-state index contributed by atoms with van der Waals surface area (Å²) in [5.41, 5.74) is 10.6. The highest BCUT2D eigenvalue weighted by Gasteiger charge is 2.28. The molecular formula is C27H29N5O3. The van der Waals surface area contributed by atoms with Crippen LogP contribution in [0.1, 0.15) is 71.5 Å². The molecule has 1 aliphatic carbocycles. The van der Waals surface area contributed by atoms with Gasteiger partial charge in [-0.1, -0.05) is 0 Å². The van der Waals surface area contributed by atoms with Gasteiger partial charge in [-0.15, -0.1) is 0 Å². The highest BCUT2D eigenvalue weighted by Crippen LogP contribution is 2.38. The molecule has 1 saturated carbocycles. The summed E-state index contributed by atoms with van der Waals surface area (Å²) in [5, 5.41) is 19.9. The lowest BCUT2D eigenvalue weighted by molar-refractivity contribution is 0.0634. The second-order valence-corrected chi connectivity index (χ2v) is 9.58. The number of carbonyl (C=O) groups excluding carboxylic acids is 1. The van der Waals surface area contributed by atoms with Gasteiger partial charge in [0.25, 0.3) is 5.91 Å². The zero-order chi connectivity index (χ0) is 24.5. The van der Waals surface area contributed by atoms with Crippen molar-refractivity contribution in [3.05, 3.63) is 64.5 Å². The molecule has 0 radical (unpaired) electrons. The van der Waals surface area contributed by atoms with Crippen LogP contribution in [0.5, 0.6) is 0 Å². The monoisotopic (exact) mass is 471 g/mol. The quantitative estimate of drug-likeness (QED) is 0.578. The normalized spacial score (nSPS) is 21.5. The summed E-state index contributed by atoms with van der Waals surface area (Å²) in [5.74, 6) is 0.715. The number of nitrogens with zero attached hydrogens (tertiary/aromatic N) is 4. The summed E-state index contributed by atoms with van der Waals surface area (Å²) in [6.45, 7) is 3.34. The van der Waals surface area contributed by atoms with Crippen LogP contribution in [0.4, 0.5) is 5.82 Å². The molecule has 180 valence electrons. The highest BCUT2D eigenvalue weighted by atomic mass is 16.5. The molecule has 0 bridgehead atoms. The van der Waals surface area contributed by atoms with E-state index in [4.69, 9.17) is 15.7 Å². The number of rotatable bonds is 5. The first-order valence-electron chi connectivity index (χ1n) is 12.1. The first-order chi connectivity index (χ1) is 16.9. The van der Waals surface area contributed by atoms with E-state index in [1.165, 1.54) is 6.20 Å². The summed E-state index contributed by atoms with van der Waals surface area (Å²) in [6, 6.07) is 11.1. The van der Waals surface area contributed by atoms with Crippen molar-refractivity contribution in [2.75, 3.05) is 12.3 Å². The zero-order valence-corrected chi connectivity index (χ0v) is 19.8. The molecule has 0 saturated heterocycles. The van der Waals surface area contributed by atoms with Crippen LogP contribution < -0.4 is 5.73 Å². The average molecular weight is 472 g/mol. The van der Waals surface area contributed by atoms with Crippen molar-refractivity contribution < 1.29 is 14.6 Å². The number of benzene rings is 1. The molecule has 1 atom stereocenters. The SMILES string of the molecule is C[C@@H]1OCc2c1c(N)nc1ccc(C(=O)N(Cc3ccc(C#N)cn3)CC3CCC(O)CC3)cc21. The van der Waals surface area contributed by atoms with Gasteiger partial charge < -0.3 is 20.5 Å². The van der Waals surface area contributed by atoms with E-state index in [1.807, 2.05) is 24.0 Å². The van der Waals surface area contributed by atoms with Crippen molar-refractivity contribution in [2.24, 2.45) is 5.92 Å². The topological polar surface area (TPSA) is 125 Å². The zero-order valence-electron chi connectivity index (χ0n) is 19.8. The van der Waals surface area contributed by atoms with Crippen LogP contribution >= 0.6 is 0 Å². The van der Waals surface area contributed by atoms with Crippen LogP contribution in [0.2, 0.25) is 0 Å². The largest absolute Gasteiger partial charge is 0.393 e. The minimum Gasteiger partial charge on any atom is -0.393 e. The van der Waals surface area contributed by atoms with E-state index in [-0.39, 0.29) is 18.1 Å². The molecule has 3 heterocycles. The van der Waals surface area contributed by atoms with E-state index in [0.717, 1.165) is 53.4 Å². The lowest BCUT2D eigenvalue weighted by atomic mass is 9.87. The maximum atomic E-state index is 13.8. The maximum Gasteiger partial charge on any atom is 0.254 e. The van der Waals surface area contributed by atoms with Crippen molar-refractivity contribution in [3.63, 3.8) is 0 Å². The average Bonchev–Trinajstić information content (AvgIpc) is 3.27. The molecule has 2 aliphatic rings. The Balaban J connectivity index is 1.46. The number of hydrogen-bond donors (Lipinski definition) is 2. The lowest BCUT2D eigenvalue weighted by Crippen LogP contribution is -2.37. The van der Waals surface area contributed by atoms with Crippen molar-refractivity contribution in [3.8, 4) is 6.07 Å². The Bertz CT molecular complexity index is 1290. The Kier molecular flexibility index (Phi) is 6.37. The number of nitriles is 1. The third-order valence-corrected chi connectivity index (χ3v) is 7.18. The van der Waals surface area contributed by atoms with E-state index in [2.05, 4.69) is 16.0 Å². The van der Waals surface area contributed by atoms with E-state index in [9.17, 15) is 9.90 Å². The smallest absolute Gasteiger partial charge is 0.254 e. The Morgan fingerprint density at radius 3 is 2.77 bits per heavy atom. The number of nitrogen functional groups attached to an aromatic ring is 1. The second-order valence-electron chi connectivity index (χ2n) is 9.58. The number of pyridine rings is 2. The van der Waals surface area contributed by atoms with Crippen LogP contribution in [0.15, 0.2) is 36.5 Å². The van der Waals surface area contributed by atoms with Crippen LogP contribution in [0.25, 0.3) is 10.9 Å². The predicted molar refractivity (Wildman–Crippen MR) is 131 cm³/mol. The van der Waals surface area contributed by atoms with Gasteiger partial charge in [0.05, 0.1) is 42.1 Å². The number of aliphatic hydroxyl groups is 1. The standard InChI is InChI=1S/C27H29N5O3/c1-16-25-23(15-35-16)22-10-19(5-9-24(22)31-26(25)29)27(34)32(13-17-3-7-21(33)8-4-17)14-20-6-2-18(11-28)12-30-20/h2,5-6,9-10,12,16-17,21,33H,3-4,7-8,13-15H2,1H3,(H2,29,31)/t16-,17?,21?/m0/s1. The molecule has 2 aromatic heterocycles. The highest BCUT2D eigenvalue weighted by molar-refractivity contribution is 5.99. The van der Waals surface area contributed by atoms with Gasteiger partial charge >= 0.3 is 0 Å². The van der Waals surface area contributed by atoms with Gasteiger partial charge in [0.15, 0.2) is 0 Å². The molecule has 8 heteroatoms. The van der Waals surface area contributed by atoms with Gasteiger partial charge in [0.1, 0.15) is 11.9 Å². The van der Waals surface area contributed by atoms with Gasteiger partial charge in [0.2, 0.25) is 0 Å². The van der Waals surface area contributed by atoms with E-state index in [0.29, 0.717) is 42.6 Å². The first kappa shape index (κ1) is 23.2. The molecule has 5 rings (SSSR count). The Morgan fingerprint density at radius 2 is 2.06 bits per heavy atom. The van der Waals surface area contributed by atoms with Gasteiger partial charge in [-0.3, -0.25) is 9.78 Å². The third-order valence-electron chi connectivity index (χ3n) is 7.18. The molecule has 1 aromatic carbocycles. The van der Waals surface area contributed by atoms with E-state index >= 15 is 0 Å². The number of aromatic nitrogens is 2. The van der Waals surface area contributed by atoms with Crippen molar-refractivity contribution in [2.45, 2.75) is 58.0 Å². The number of hydrogen-bond acceptors (Lipinski definition) is 7. The van der Waals surface area contributed by atoms with Crippen LogP contribution in [0.3, 0.4) is 0 Å². The lowest BCUT2D eigenvalue weighted by Gasteiger charge is -2.31. The molecule has 1 fully saturated rings. The molecule has 3 N–H and O–H groups in total. The van der Waals surface area contributed by atoms with E-state index < -0.39 is 0 Å². The number of nitrogens with two attached hydrogens (primary N) is 1. The minimum atomic E-state index is -0.247.